The first-order chi connectivity index (χ1) is 12.5. The highest BCUT2D eigenvalue weighted by molar-refractivity contribution is 9.10. The summed E-state index contributed by atoms with van der Waals surface area (Å²) in [6, 6.07) is 12.5. The highest BCUT2D eigenvalue weighted by Gasteiger charge is 2.07. The average molecular weight is 420 g/mol. The minimum Gasteiger partial charge on any atom is -0.496 e. The van der Waals surface area contributed by atoms with Crippen molar-refractivity contribution in [3.63, 3.8) is 0 Å². The molecule has 0 aliphatic heterocycles. The minimum atomic E-state index is -0.277. The lowest BCUT2D eigenvalue weighted by Crippen LogP contribution is -2.28. The van der Waals surface area contributed by atoms with Gasteiger partial charge in [0.1, 0.15) is 5.75 Å². The Balaban J connectivity index is 1.89. The maximum atomic E-state index is 12.2. The van der Waals surface area contributed by atoms with Crippen LogP contribution in [0.3, 0.4) is 0 Å². The fraction of sp³-hybridized carbons (Fsp3) is 0.263. The van der Waals surface area contributed by atoms with Crippen molar-refractivity contribution in [3.8, 4) is 5.75 Å². The number of hydrogen-bond acceptors (Lipinski definition) is 3. The summed E-state index contributed by atoms with van der Waals surface area (Å²) in [6.45, 7) is 2.39. The smallest absolute Gasteiger partial charge is 0.319 e. The summed E-state index contributed by atoms with van der Waals surface area (Å²) in [5, 5.41) is 8.22. The van der Waals surface area contributed by atoms with Gasteiger partial charge in [-0.2, -0.15) is 0 Å². The number of rotatable bonds is 7. The van der Waals surface area contributed by atoms with Gasteiger partial charge in [-0.05, 0) is 65.2 Å². The molecular formula is C19H22BrN3O3. The number of amides is 3. The van der Waals surface area contributed by atoms with E-state index in [4.69, 9.17) is 4.74 Å². The number of halogens is 1. The molecular weight excluding hydrogens is 398 g/mol. The Morgan fingerprint density at radius 1 is 1.08 bits per heavy atom. The third kappa shape index (κ3) is 6.07. The SMILES string of the molecule is CCNC(=O)Nc1cccc(NC(=O)CCc2ccc(OC)c(Br)c2)c1. The number of methoxy groups -OCH3 is 1. The number of hydrogen-bond donors (Lipinski definition) is 3. The molecule has 0 aliphatic rings. The molecule has 3 amide bonds. The van der Waals surface area contributed by atoms with Crippen molar-refractivity contribution in [2.24, 2.45) is 0 Å². The van der Waals surface area contributed by atoms with Crippen LogP contribution in [-0.2, 0) is 11.2 Å². The highest BCUT2D eigenvalue weighted by Crippen LogP contribution is 2.26. The first-order valence-electron chi connectivity index (χ1n) is 8.29. The first-order valence-corrected chi connectivity index (χ1v) is 9.08. The molecule has 0 aromatic heterocycles. The van der Waals surface area contributed by atoms with Crippen LogP contribution in [0, 0.1) is 0 Å². The van der Waals surface area contributed by atoms with Gasteiger partial charge in [0.15, 0.2) is 0 Å². The molecule has 26 heavy (non-hydrogen) atoms. The second-order valence-electron chi connectivity index (χ2n) is 5.58. The van der Waals surface area contributed by atoms with E-state index in [0.29, 0.717) is 30.8 Å². The summed E-state index contributed by atoms with van der Waals surface area (Å²) in [5.41, 5.74) is 2.30. The Bertz CT molecular complexity index is 780. The third-order valence-electron chi connectivity index (χ3n) is 3.60. The number of nitrogens with one attached hydrogen (secondary N) is 3. The second kappa shape index (κ2) is 9.82. The maximum Gasteiger partial charge on any atom is 0.319 e. The summed E-state index contributed by atoms with van der Waals surface area (Å²) in [5.74, 6) is 0.668. The fourth-order valence-electron chi connectivity index (χ4n) is 2.36. The van der Waals surface area contributed by atoms with Crippen LogP contribution in [0.4, 0.5) is 16.2 Å². The van der Waals surface area contributed by atoms with Crippen molar-refractivity contribution in [2.45, 2.75) is 19.8 Å². The van der Waals surface area contributed by atoms with E-state index in [2.05, 4.69) is 31.9 Å². The number of carbonyl (C=O) groups excluding carboxylic acids is 2. The molecule has 0 heterocycles. The molecule has 2 rings (SSSR count). The molecule has 0 unspecified atom stereocenters. The van der Waals surface area contributed by atoms with Crippen molar-refractivity contribution >= 4 is 39.2 Å². The third-order valence-corrected chi connectivity index (χ3v) is 4.22. The first kappa shape index (κ1) is 19.8. The normalized spacial score (nSPS) is 10.1. The molecule has 0 aliphatic carbocycles. The molecule has 2 aromatic rings. The lowest BCUT2D eigenvalue weighted by Gasteiger charge is -2.10. The van der Waals surface area contributed by atoms with Gasteiger partial charge < -0.3 is 20.7 Å². The molecule has 2 aromatic carbocycles. The summed E-state index contributed by atoms with van der Waals surface area (Å²) < 4.78 is 6.06. The summed E-state index contributed by atoms with van der Waals surface area (Å²) >= 11 is 3.44. The van der Waals surface area contributed by atoms with Crippen LogP contribution < -0.4 is 20.7 Å². The van der Waals surface area contributed by atoms with Gasteiger partial charge in [-0.25, -0.2) is 4.79 Å². The van der Waals surface area contributed by atoms with E-state index in [1.165, 1.54) is 0 Å². The van der Waals surface area contributed by atoms with Gasteiger partial charge in [-0.1, -0.05) is 12.1 Å². The Hall–Kier alpha value is -2.54. The van der Waals surface area contributed by atoms with Crippen LogP contribution in [0.5, 0.6) is 5.75 Å². The van der Waals surface area contributed by atoms with E-state index >= 15 is 0 Å². The molecule has 0 spiro atoms. The van der Waals surface area contributed by atoms with Gasteiger partial charge in [-0.15, -0.1) is 0 Å². The Labute approximate surface area is 161 Å². The van der Waals surface area contributed by atoms with E-state index in [0.717, 1.165) is 15.8 Å². The number of benzene rings is 2. The molecule has 0 saturated heterocycles. The predicted molar refractivity (Wildman–Crippen MR) is 107 cm³/mol. The Morgan fingerprint density at radius 2 is 1.81 bits per heavy atom. The van der Waals surface area contributed by atoms with Gasteiger partial charge in [0.05, 0.1) is 11.6 Å². The molecule has 0 radical (unpaired) electrons. The zero-order chi connectivity index (χ0) is 18.9. The van der Waals surface area contributed by atoms with Crippen LogP contribution in [0.25, 0.3) is 0 Å². The Morgan fingerprint density at radius 3 is 2.46 bits per heavy atom. The van der Waals surface area contributed by atoms with Crippen LogP contribution in [0.1, 0.15) is 18.9 Å². The van der Waals surface area contributed by atoms with Crippen LogP contribution in [0.2, 0.25) is 0 Å². The van der Waals surface area contributed by atoms with E-state index in [1.807, 2.05) is 25.1 Å². The number of ether oxygens (including phenoxy) is 1. The minimum absolute atomic E-state index is 0.0906. The number of anilines is 2. The van der Waals surface area contributed by atoms with Crippen LogP contribution in [0.15, 0.2) is 46.9 Å². The summed E-state index contributed by atoms with van der Waals surface area (Å²) in [7, 11) is 1.61. The topological polar surface area (TPSA) is 79.5 Å². The number of urea groups is 1. The fourth-order valence-corrected chi connectivity index (χ4v) is 2.95. The monoisotopic (exact) mass is 419 g/mol. The number of aryl methyl sites for hydroxylation is 1. The molecule has 0 saturated carbocycles. The molecule has 0 bridgehead atoms. The quantitative estimate of drug-likeness (QED) is 0.629. The molecule has 0 atom stereocenters. The van der Waals surface area contributed by atoms with Gasteiger partial charge >= 0.3 is 6.03 Å². The second-order valence-corrected chi connectivity index (χ2v) is 6.44. The lowest BCUT2D eigenvalue weighted by atomic mass is 10.1. The van der Waals surface area contributed by atoms with Crippen LogP contribution in [-0.4, -0.2) is 25.6 Å². The van der Waals surface area contributed by atoms with E-state index in [1.54, 1.807) is 31.4 Å². The van der Waals surface area contributed by atoms with Gasteiger partial charge in [0.25, 0.3) is 0 Å². The molecule has 7 heteroatoms. The molecule has 6 nitrogen and oxygen atoms in total. The molecule has 138 valence electrons. The predicted octanol–water partition coefficient (Wildman–Crippen LogP) is 4.17. The van der Waals surface area contributed by atoms with Crippen molar-refractivity contribution in [1.82, 2.24) is 5.32 Å². The Kier molecular flexibility index (Phi) is 7.47. The lowest BCUT2D eigenvalue weighted by molar-refractivity contribution is -0.116. The standard InChI is InChI=1S/C19H22BrN3O3/c1-3-21-19(25)23-15-6-4-5-14(12-15)22-18(24)10-8-13-7-9-17(26-2)16(20)11-13/h4-7,9,11-12H,3,8,10H2,1-2H3,(H,22,24)(H2,21,23,25). The van der Waals surface area contributed by atoms with Crippen molar-refractivity contribution in [1.29, 1.82) is 0 Å². The largest absolute Gasteiger partial charge is 0.496 e. The zero-order valence-electron chi connectivity index (χ0n) is 14.8. The van der Waals surface area contributed by atoms with E-state index < -0.39 is 0 Å². The summed E-state index contributed by atoms with van der Waals surface area (Å²) in [6.07, 6.45) is 0.970. The van der Waals surface area contributed by atoms with Gasteiger partial charge in [0.2, 0.25) is 5.91 Å². The van der Waals surface area contributed by atoms with Crippen molar-refractivity contribution in [3.05, 3.63) is 52.5 Å². The van der Waals surface area contributed by atoms with Gasteiger partial charge in [0, 0.05) is 24.3 Å². The average Bonchev–Trinajstić information content (AvgIpc) is 2.60. The van der Waals surface area contributed by atoms with Crippen LogP contribution >= 0.6 is 15.9 Å². The van der Waals surface area contributed by atoms with Crippen molar-refractivity contribution in [2.75, 3.05) is 24.3 Å². The molecule has 3 N–H and O–H groups in total. The highest BCUT2D eigenvalue weighted by atomic mass is 79.9. The van der Waals surface area contributed by atoms with Gasteiger partial charge in [-0.3, -0.25) is 4.79 Å². The van der Waals surface area contributed by atoms with Crippen molar-refractivity contribution < 1.29 is 14.3 Å². The zero-order valence-corrected chi connectivity index (χ0v) is 16.4. The maximum absolute atomic E-state index is 12.2. The van der Waals surface area contributed by atoms with E-state index in [9.17, 15) is 9.59 Å². The number of carbonyl (C=O) groups is 2. The summed E-state index contributed by atoms with van der Waals surface area (Å²) in [4.78, 5) is 23.7. The molecule has 0 fully saturated rings. The van der Waals surface area contributed by atoms with E-state index in [-0.39, 0.29) is 11.9 Å².